The lowest BCUT2D eigenvalue weighted by molar-refractivity contribution is 0.227. The summed E-state index contributed by atoms with van der Waals surface area (Å²) in [6, 6.07) is 5.27. The Morgan fingerprint density at radius 2 is 1.95 bits per heavy atom. The summed E-state index contributed by atoms with van der Waals surface area (Å²) in [6.07, 6.45) is 2.68. The van der Waals surface area contributed by atoms with Crippen LogP contribution >= 0.6 is 12.4 Å². The normalized spacial score (nSPS) is 21.6. The van der Waals surface area contributed by atoms with Crippen molar-refractivity contribution in [3.63, 3.8) is 0 Å². The Hall–Kier alpha value is -0.690. The Balaban J connectivity index is 0.00000220. The minimum Gasteiger partial charge on any atom is -0.326 e. The van der Waals surface area contributed by atoms with Gasteiger partial charge in [-0.15, -0.1) is 12.4 Å². The van der Waals surface area contributed by atoms with Crippen molar-refractivity contribution in [2.75, 3.05) is 6.54 Å². The minimum atomic E-state index is -3.41. The standard InChI is InChI=1S/C14H21FN2O2S.ClH/c1-11(16)14-4-2-3-9-17(14)20(18,19)10-12-5-7-13(15)8-6-12;/h5-8,11,14H,2-4,9-10,16H2,1H3;1H. The van der Waals surface area contributed by atoms with Crippen molar-refractivity contribution in [3.05, 3.63) is 35.6 Å². The second-order valence-electron chi connectivity index (χ2n) is 5.42. The molecule has 2 N–H and O–H groups in total. The van der Waals surface area contributed by atoms with Crippen LogP contribution in [0.1, 0.15) is 31.7 Å². The minimum absolute atomic E-state index is 0. The number of halogens is 2. The highest BCUT2D eigenvalue weighted by Gasteiger charge is 2.34. The number of rotatable bonds is 4. The third kappa shape index (κ3) is 4.64. The summed E-state index contributed by atoms with van der Waals surface area (Å²) >= 11 is 0. The van der Waals surface area contributed by atoms with E-state index in [0.29, 0.717) is 12.1 Å². The average Bonchev–Trinajstić information content (AvgIpc) is 2.41. The Kier molecular flexibility index (Phi) is 6.59. The van der Waals surface area contributed by atoms with Crippen molar-refractivity contribution in [1.29, 1.82) is 0 Å². The van der Waals surface area contributed by atoms with Gasteiger partial charge in [0.05, 0.1) is 5.75 Å². The zero-order chi connectivity index (χ0) is 14.8. The third-order valence-corrected chi connectivity index (χ3v) is 5.59. The molecule has 1 aliphatic rings. The van der Waals surface area contributed by atoms with Crippen molar-refractivity contribution < 1.29 is 12.8 Å². The van der Waals surface area contributed by atoms with Crippen molar-refractivity contribution >= 4 is 22.4 Å². The molecule has 1 heterocycles. The van der Waals surface area contributed by atoms with E-state index in [-0.39, 0.29) is 36.1 Å². The van der Waals surface area contributed by atoms with Gasteiger partial charge < -0.3 is 5.73 Å². The van der Waals surface area contributed by atoms with Crippen LogP contribution in [-0.2, 0) is 15.8 Å². The van der Waals surface area contributed by atoms with Gasteiger partial charge in [0.25, 0.3) is 0 Å². The molecule has 0 amide bonds. The quantitative estimate of drug-likeness (QED) is 0.917. The molecule has 0 radical (unpaired) electrons. The molecule has 0 spiro atoms. The lowest BCUT2D eigenvalue weighted by atomic mass is 10.00. The molecule has 0 aliphatic carbocycles. The predicted octanol–water partition coefficient (Wildman–Crippen LogP) is 2.28. The smallest absolute Gasteiger partial charge is 0.218 e. The molecule has 21 heavy (non-hydrogen) atoms. The Morgan fingerprint density at radius 1 is 1.33 bits per heavy atom. The number of hydrogen-bond acceptors (Lipinski definition) is 3. The molecule has 0 aromatic heterocycles. The number of hydrogen-bond donors (Lipinski definition) is 1. The van der Waals surface area contributed by atoms with Crippen LogP contribution in [0.5, 0.6) is 0 Å². The van der Waals surface area contributed by atoms with Crippen LogP contribution in [0.2, 0.25) is 0 Å². The lowest BCUT2D eigenvalue weighted by Crippen LogP contribution is -2.51. The Morgan fingerprint density at radius 3 is 2.52 bits per heavy atom. The first-order chi connectivity index (χ1) is 9.40. The lowest BCUT2D eigenvalue weighted by Gasteiger charge is -2.36. The number of nitrogens with zero attached hydrogens (tertiary/aromatic N) is 1. The van der Waals surface area contributed by atoms with Crippen LogP contribution in [0, 0.1) is 5.82 Å². The molecule has 1 saturated heterocycles. The van der Waals surface area contributed by atoms with Gasteiger partial charge in [-0.3, -0.25) is 0 Å². The number of sulfonamides is 1. The van der Waals surface area contributed by atoms with Gasteiger partial charge in [0, 0.05) is 18.6 Å². The Bertz CT molecular complexity index is 549. The van der Waals surface area contributed by atoms with E-state index in [1.165, 1.54) is 28.6 Å². The highest BCUT2D eigenvalue weighted by atomic mass is 35.5. The van der Waals surface area contributed by atoms with Gasteiger partial charge >= 0.3 is 0 Å². The van der Waals surface area contributed by atoms with Crippen LogP contribution in [0.15, 0.2) is 24.3 Å². The largest absolute Gasteiger partial charge is 0.326 e. The summed E-state index contributed by atoms with van der Waals surface area (Å²) in [4.78, 5) is 0. The topological polar surface area (TPSA) is 63.4 Å². The van der Waals surface area contributed by atoms with Gasteiger partial charge in [0.15, 0.2) is 0 Å². The van der Waals surface area contributed by atoms with E-state index in [1.807, 2.05) is 6.92 Å². The van der Waals surface area contributed by atoms with Gasteiger partial charge in [-0.1, -0.05) is 18.6 Å². The molecular weight excluding hydrogens is 315 g/mol. The maximum atomic E-state index is 12.9. The van der Waals surface area contributed by atoms with Crippen LogP contribution in [-0.4, -0.2) is 31.4 Å². The summed E-state index contributed by atoms with van der Waals surface area (Å²) < 4.78 is 39.5. The Labute approximate surface area is 132 Å². The molecule has 0 bridgehead atoms. The van der Waals surface area contributed by atoms with E-state index in [4.69, 9.17) is 5.73 Å². The SMILES string of the molecule is CC(N)C1CCCCN1S(=O)(=O)Cc1ccc(F)cc1.Cl. The maximum absolute atomic E-state index is 12.9. The van der Waals surface area contributed by atoms with Crippen LogP contribution < -0.4 is 5.73 Å². The van der Waals surface area contributed by atoms with Crippen molar-refractivity contribution in [3.8, 4) is 0 Å². The zero-order valence-corrected chi connectivity index (χ0v) is 13.7. The van der Waals surface area contributed by atoms with Gasteiger partial charge in [-0.25, -0.2) is 12.8 Å². The second-order valence-corrected chi connectivity index (χ2v) is 7.34. The molecule has 1 aromatic carbocycles. The van der Waals surface area contributed by atoms with Crippen molar-refractivity contribution in [1.82, 2.24) is 4.31 Å². The number of piperidine rings is 1. The van der Waals surface area contributed by atoms with Gasteiger partial charge in [-0.05, 0) is 37.5 Å². The zero-order valence-electron chi connectivity index (χ0n) is 12.0. The molecule has 1 aliphatic heterocycles. The molecule has 120 valence electrons. The third-order valence-electron chi connectivity index (χ3n) is 3.72. The summed E-state index contributed by atoms with van der Waals surface area (Å²) in [7, 11) is -3.41. The van der Waals surface area contributed by atoms with E-state index in [0.717, 1.165) is 19.3 Å². The molecule has 1 fully saturated rings. The fraction of sp³-hybridized carbons (Fsp3) is 0.571. The van der Waals surface area contributed by atoms with Gasteiger partial charge in [0.1, 0.15) is 5.82 Å². The van der Waals surface area contributed by atoms with Crippen LogP contribution in [0.3, 0.4) is 0 Å². The first-order valence-electron chi connectivity index (χ1n) is 6.90. The molecule has 4 nitrogen and oxygen atoms in total. The molecule has 7 heteroatoms. The first-order valence-corrected chi connectivity index (χ1v) is 8.50. The molecule has 2 rings (SSSR count). The number of benzene rings is 1. The second kappa shape index (κ2) is 7.54. The van der Waals surface area contributed by atoms with Gasteiger partial charge in [0.2, 0.25) is 10.0 Å². The van der Waals surface area contributed by atoms with E-state index in [9.17, 15) is 12.8 Å². The monoisotopic (exact) mass is 336 g/mol. The first kappa shape index (κ1) is 18.4. The number of nitrogens with two attached hydrogens (primary N) is 1. The maximum Gasteiger partial charge on any atom is 0.218 e. The van der Waals surface area contributed by atoms with Crippen LogP contribution in [0.25, 0.3) is 0 Å². The fourth-order valence-electron chi connectivity index (χ4n) is 2.68. The predicted molar refractivity (Wildman–Crippen MR) is 84.3 cm³/mol. The highest BCUT2D eigenvalue weighted by Crippen LogP contribution is 2.24. The van der Waals surface area contributed by atoms with Crippen LogP contribution in [0.4, 0.5) is 4.39 Å². The van der Waals surface area contributed by atoms with E-state index < -0.39 is 10.0 Å². The summed E-state index contributed by atoms with van der Waals surface area (Å²) in [5, 5.41) is 0. The fourth-order valence-corrected chi connectivity index (χ4v) is 4.57. The molecular formula is C14H22ClFN2O2S. The molecule has 0 saturated carbocycles. The van der Waals surface area contributed by atoms with E-state index in [2.05, 4.69) is 0 Å². The van der Waals surface area contributed by atoms with E-state index in [1.54, 1.807) is 0 Å². The molecule has 1 aromatic rings. The van der Waals surface area contributed by atoms with E-state index >= 15 is 0 Å². The summed E-state index contributed by atoms with van der Waals surface area (Å²) in [5.74, 6) is -0.464. The van der Waals surface area contributed by atoms with Crippen molar-refractivity contribution in [2.24, 2.45) is 5.73 Å². The van der Waals surface area contributed by atoms with Gasteiger partial charge in [-0.2, -0.15) is 4.31 Å². The molecule has 2 atom stereocenters. The summed E-state index contributed by atoms with van der Waals surface area (Å²) in [5.41, 5.74) is 6.51. The highest BCUT2D eigenvalue weighted by molar-refractivity contribution is 7.88. The van der Waals surface area contributed by atoms with Crippen molar-refractivity contribution in [2.45, 2.75) is 44.0 Å². The molecule has 2 unspecified atom stereocenters. The average molecular weight is 337 g/mol. The summed E-state index contributed by atoms with van der Waals surface area (Å²) in [6.45, 7) is 2.37.